The van der Waals surface area contributed by atoms with Crippen LogP contribution in [0.1, 0.15) is 10.4 Å². The maximum Gasteiger partial charge on any atom is 0.210 e. The highest BCUT2D eigenvalue weighted by atomic mass is 127. The van der Waals surface area contributed by atoms with Crippen LogP contribution in [-0.2, 0) is 0 Å². The average molecular weight is 396 g/mol. The summed E-state index contributed by atoms with van der Waals surface area (Å²) in [5, 5.41) is 0. The Bertz CT molecular complexity index is 684. The van der Waals surface area contributed by atoms with E-state index in [1.54, 1.807) is 25.3 Å². The Morgan fingerprint density at radius 3 is 2.76 bits per heavy atom. The van der Waals surface area contributed by atoms with Crippen LogP contribution in [0, 0.1) is 3.57 Å². The van der Waals surface area contributed by atoms with E-state index in [9.17, 15) is 4.79 Å². The molecule has 0 aromatic heterocycles. The zero-order chi connectivity index (χ0) is 14.8. The number of ether oxygens (including phenoxy) is 3. The highest BCUT2D eigenvalue weighted by Gasteiger charge is 2.30. The van der Waals surface area contributed by atoms with E-state index in [0.29, 0.717) is 22.8 Å². The quantitative estimate of drug-likeness (QED) is 0.590. The van der Waals surface area contributed by atoms with Crippen molar-refractivity contribution in [3.63, 3.8) is 0 Å². The molecule has 1 atom stereocenters. The molecular formula is C16H13IO4. The Balaban J connectivity index is 1.89. The molecule has 3 rings (SSSR count). The van der Waals surface area contributed by atoms with Gasteiger partial charge in [-0.25, -0.2) is 0 Å². The molecule has 0 bridgehead atoms. The Labute approximate surface area is 136 Å². The highest BCUT2D eigenvalue weighted by molar-refractivity contribution is 14.1. The molecule has 4 nitrogen and oxygen atoms in total. The fraction of sp³-hybridized carbons (Fsp3) is 0.188. The molecule has 0 saturated carbocycles. The maximum absolute atomic E-state index is 12.7. The summed E-state index contributed by atoms with van der Waals surface area (Å²) >= 11 is 2.16. The van der Waals surface area contributed by atoms with Crippen LogP contribution < -0.4 is 14.2 Å². The van der Waals surface area contributed by atoms with Crippen molar-refractivity contribution in [2.45, 2.75) is 6.10 Å². The minimum atomic E-state index is -0.660. The third-order valence-corrected chi connectivity index (χ3v) is 3.90. The number of halogens is 1. The third-order valence-electron chi connectivity index (χ3n) is 3.23. The Morgan fingerprint density at radius 2 is 2.00 bits per heavy atom. The van der Waals surface area contributed by atoms with Gasteiger partial charge in [0.1, 0.15) is 12.4 Å². The van der Waals surface area contributed by atoms with Crippen LogP contribution in [0.25, 0.3) is 0 Å². The van der Waals surface area contributed by atoms with Crippen LogP contribution in [0.3, 0.4) is 0 Å². The van der Waals surface area contributed by atoms with E-state index in [2.05, 4.69) is 22.6 Å². The van der Waals surface area contributed by atoms with Crippen LogP contribution in [0.2, 0.25) is 0 Å². The van der Waals surface area contributed by atoms with E-state index < -0.39 is 6.10 Å². The van der Waals surface area contributed by atoms with Gasteiger partial charge in [0.25, 0.3) is 0 Å². The lowest BCUT2D eigenvalue weighted by Gasteiger charge is -2.25. The average Bonchev–Trinajstić information content (AvgIpc) is 2.53. The van der Waals surface area contributed by atoms with Crippen LogP contribution in [-0.4, -0.2) is 25.6 Å². The van der Waals surface area contributed by atoms with Gasteiger partial charge in [0.2, 0.25) is 5.78 Å². The van der Waals surface area contributed by atoms with Gasteiger partial charge >= 0.3 is 0 Å². The number of Topliss-reactive ketones (excluding diaryl/α,β-unsaturated/α-hetero) is 1. The standard InChI is InChI=1S/C16H13IO4/c1-19-12-7-6-10(17)8-11(12)16(18)15-9-20-13-4-2-3-5-14(13)21-15/h2-8,15H,9H2,1H3. The summed E-state index contributed by atoms with van der Waals surface area (Å²) in [6.45, 7) is 0.199. The summed E-state index contributed by atoms with van der Waals surface area (Å²) in [5.41, 5.74) is 0.511. The van der Waals surface area contributed by atoms with Crippen molar-refractivity contribution in [1.29, 1.82) is 0 Å². The summed E-state index contributed by atoms with van der Waals surface area (Å²) in [6.07, 6.45) is -0.660. The molecule has 0 aliphatic carbocycles. The number of carbonyl (C=O) groups excluding carboxylic acids is 1. The fourth-order valence-corrected chi connectivity index (χ4v) is 2.69. The van der Waals surface area contributed by atoms with E-state index in [1.165, 1.54) is 0 Å². The Morgan fingerprint density at radius 1 is 1.24 bits per heavy atom. The minimum absolute atomic E-state index is 0.139. The van der Waals surface area contributed by atoms with E-state index in [0.717, 1.165) is 3.57 Å². The molecular weight excluding hydrogens is 383 g/mol. The Hall–Kier alpha value is -1.76. The number of hydrogen-bond donors (Lipinski definition) is 0. The summed E-state index contributed by atoms with van der Waals surface area (Å²) in [4.78, 5) is 12.7. The number of fused-ring (bicyclic) bond motifs is 1. The van der Waals surface area contributed by atoms with Crippen LogP contribution in [0.4, 0.5) is 0 Å². The van der Waals surface area contributed by atoms with Gasteiger partial charge in [-0.05, 0) is 52.9 Å². The smallest absolute Gasteiger partial charge is 0.210 e. The van der Waals surface area contributed by atoms with Gasteiger partial charge in [-0.1, -0.05) is 12.1 Å². The zero-order valence-corrected chi connectivity index (χ0v) is 13.5. The SMILES string of the molecule is COc1ccc(I)cc1C(=O)C1COc2ccccc2O1. The highest BCUT2D eigenvalue weighted by Crippen LogP contribution is 2.32. The lowest BCUT2D eigenvalue weighted by molar-refractivity contribution is 0.0583. The van der Waals surface area contributed by atoms with E-state index in [4.69, 9.17) is 14.2 Å². The van der Waals surface area contributed by atoms with Gasteiger partial charge < -0.3 is 14.2 Å². The molecule has 1 unspecified atom stereocenters. The number of hydrogen-bond acceptors (Lipinski definition) is 4. The lowest BCUT2D eigenvalue weighted by atomic mass is 10.0. The molecule has 0 radical (unpaired) electrons. The number of benzene rings is 2. The molecule has 2 aromatic rings. The summed E-state index contributed by atoms with van der Waals surface area (Å²) < 4.78 is 17.6. The maximum atomic E-state index is 12.7. The first kappa shape index (κ1) is 14.2. The van der Waals surface area contributed by atoms with E-state index in [1.807, 2.05) is 24.3 Å². The molecule has 0 N–H and O–H groups in total. The number of ketones is 1. The zero-order valence-electron chi connectivity index (χ0n) is 11.3. The topological polar surface area (TPSA) is 44.8 Å². The van der Waals surface area contributed by atoms with Gasteiger partial charge in [-0.2, -0.15) is 0 Å². The number of para-hydroxylation sites is 2. The summed E-state index contributed by atoms with van der Waals surface area (Å²) in [6, 6.07) is 12.8. The van der Waals surface area contributed by atoms with Gasteiger partial charge in [-0.15, -0.1) is 0 Å². The monoisotopic (exact) mass is 396 g/mol. The van der Waals surface area contributed by atoms with Crippen molar-refractivity contribution in [2.24, 2.45) is 0 Å². The molecule has 1 aliphatic rings. The second kappa shape index (κ2) is 5.93. The summed E-state index contributed by atoms with van der Waals surface area (Å²) in [5.74, 6) is 1.66. The molecule has 5 heteroatoms. The molecule has 2 aromatic carbocycles. The van der Waals surface area contributed by atoms with Gasteiger partial charge in [0.05, 0.1) is 12.7 Å². The normalized spacial score (nSPS) is 16.4. The van der Waals surface area contributed by atoms with Crippen molar-refractivity contribution in [2.75, 3.05) is 13.7 Å². The first-order chi connectivity index (χ1) is 10.2. The predicted octanol–water partition coefficient (Wildman–Crippen LogP) is 3.32. The number of carbonyl (C=O) groups is 1. The first-order valence-electron chi connectivity index (χ1n) is 6.45. The molecule has 0 fully saturated rings. The fourth-order valence-electron chi connectivity index (χ4n) is 2.19. The first-order valence-corrected chi connectivity index (χ1v) is 7.53. The van der Waals surface area contributed by atoms with Gasteiger partial charge in [0, 0.05) is 3.57 Å². The van der Waals surface area contributed by atoms with Crippen LogP contribution in [0.5, 0.6) is 17.2 Å². The predicted molar refractivity (Wildman–Crippen MR) is 86.4 cm³/mol. The van der Waals surface area contributed by atoms with Crippen LogP contribution >= 0.6 is 22.6 Å². The van der Waals surface area contributed by atoms with Crippen molar-refractivity contribution >= 4 is 28.4 Å². The van der Waals surface area contributed by atoms with Crippen LogP contribution in [0.15, 0.2) is 42.5 Å². The molecule has 1 heterocycles. The third kappa shape index (κ3) is 2.83. The van der Waals surface area contributed by atoms with Crippen molar-refractivity contribution in [3.8, 4) is 17.2 Å². The van der Waals surface area contributed by atoms with E-state index in [-0.39, 0.29) is 12.4 Å². The molecule has 108 valence electrons. The number of methoxy groups -OCH3 is 1. The number of rotatable bonds is 3. The van der Waals surface area contributed by atoms with Crippen molar-refractivity contribution in [3.05, 3.63) is 51.6 Å². The lowest BCUT2D eigenvalue weighted by Crippen LogP contribution is -2.36. The largest absolute Gasteiger partial charge is 0.496 e. The molecule has 21 heavy (non-hydrogen) atoms. The van der Waals surface area contributed by atoms with E-state index >= 15 is 0 Å². The minimum Gasteiger partial charge on any atom is -0.496 e. The second-order valence-corrected chi connectivity index (χ2v) is 5.82. The molecule has 0 saturated heterocycles. The van der Waals surface area contributed by atoms with Crippen molar-refractivity contribution < 1.29 is 19.0 Å². The second-order valence-electron chi connectivity index (χ2n) is 4.57. The molecule has 0 amide bonds. The summed E-state index contributed by atoms with van der Waals surface area (Å²) in [7, 11) is 1.55. The van der Waals surface area contributed by atoms with Gasteiger partial charge in [-0.3, -0.25) is 4.79 Å². The Kier molecular flexibility index (Phi) is 4.01. The molecule has 1 aliphatic heterocycles. The molecule has 0 spiro atoms. The van der Waals surface area contributed by atoms with Crippen molar-refractivity contribution in [1.82, 2.24) is 0 Å². The van der Waals surface area contributed by atoms with Gasteiger partial charge in [0.15, 0.2) is 17.6 Å².